The van der Waals surface area contributed by atoms with Crippen molar-refractivity contribution in [3.05, 3.63) is 59.9 Å². The summed E-state index contributed by atoms with van der Waals surface area (Å²) in [6.07, 6.45) is 1.63. The number of anilines is 1. The van der Waals surface area contributed by atoms with Gasteiger partial charge in [0.25, 0.3) is 0 Å². The maximum absolute atomic E-state index is 14.1. The van der Waals surface area contributed by atoms with Gasteiger partial charge in [0.05, 0.1) is 18.3 Å². The van der Waals surface area contributed by atoms with Crippen molar-refractivity contribution in [3.8, 4) is 5.75 Å². The van der Waals surface area contributed by atoms with E-state index in [-0.39, 0.29) is 17.9 Å². The molecule has 1 N–H and O–H groups in total. The molecule has 24 heavy (non-hydrogen) atoms. The molecule has 0 aromatic heterocycles. The predicted octanol–water partition coefficient (Wildman–Crippen LogP) is 4.59. The maximum Gasteiger partial charge on any atom is 0.322 e. The number of hydrogen-bond donors (Lipinski definition) is 1. The zero-order valence-corrected chi connectivity index (χ0v) is 13.7. The Balaban J connectivity index is 1.78. The van der Waals surface area contributed by atoms with Crippen LogP contribution in [-0.2, 0) is 0 Å². The Morgan fingerprint density at radius 2 is 2.00 bits per heavy atom. The lowest BCUT2D eigenvalue weighted by Crippen LogP contribution is -2.34. The molecule has 0 bridgehead atoms. The van der Waals surface area contributed by atoms with Crippen molar-refractivity contribution >= 4 is 11.7 Å². The first-order valence-electron chi connectivity index (χ1n) is 8.24. The fourth-order valence-corrected chi connectivity index (χ4v) is 3.12. The Morgan fingerprint density at radius 3 is 2.79 bits per heavy atom. The number of hydrogen-bond acceptors (Lipinski definition) is 2. The van der Waals surface area contributed by atoms with Crippen molar-refractivity contribution in [1.82, 2.24) is 4.90 Å². The van der Waals surface area contributed by atoms with Crippen LogP contribution in [0.2, 0.25) is 0 Å². The Bertz CT molecular complexity index is 720. The number of benzene rings is 2. The second kappa shape index (κ2) is 7.34. The molecule has 2 aromatic rings. The minimum atomic E-state index is -0.267. The molecule has 126 valence electrons. The van der Waals surface area contributed by atoms with E-state index >= 15 is 0 Å². The SMILES string of the molecule is CCOc1ccccc1NC(=O)N1CCCC1c1ccccc1F. The molecule has 1 unspecified atom stereocenters. The first kappa shape index (κ1) is 16.3. The smallest absolute Gasteiger partial charge is 0.322 e. The number of likely N-dealkylation sites (tertiary alicyclic amines) is 1. The normalized spacial score (nSPS) is 16.9. The van der Waals surface area contributed by atoms with E-state index in [2.05, 4.69) is 5.32 Å². The lowest BCUT2D eigenvalue weighted by atomic mass is 10.0. The monoisotopic (exact) mass is 328 g/mol. The largest absolute Gasteiger partial charge is 0.492 e. The molecule has 0 aliphatic carbocycles. The molecule has 1 aliphatic heterocycles. The molecule has 1 fully saturated rings. The summed E-state index contributed by atoms with van der Waals surface area (Å²) in [4.78, 5) is 14.4. The van der Waals surface area contributed by atoms with Gasteiger partial charge in [0.2, 0.25) is 0 Å². The average molecular weight is 328 g/mol. The summed E-state index contributed by atoms with van der Waals surface area (Å²) in [6, 6.07) is 13.5. The van der Waals surface area contributed by atoms with Gasteiger partial charge in [-0.05, 0) is 38.0 Å². The Morgan fingerprint density at radius 1 is 1.25 bits per heavy atom. The lowest BCUT2D eigenvalue weighted by molar-refractivity contribution is 0.206. The lowest BCUT2D eigenvalue weighted by Gasteiger charge is -2.26. The van der Waals surface area contributed by atoms with Crippen molar-refractivity contribution < 1.29 is 13.9 Å². The second-order valence-electron chi connectivity index (χ2n) is 5.73. The highest BCUT2D eigenvalue weighted by Gasteiger charge is 2.31. The van der Waals surface area contributed by atoms with Gasteiger partial charge in [0.15, 0.2) is 0 Å². The number of carbonyl (C=O) groups excluding carboxylic acids is 1. The molecule has 0 radical (unpaired) electrons. The van der Waals surface area contributed by atoms with Gasteiger partial charge >= 0.3 is 6.03 Å². The van der Waals surface area contributed by atoms with Gasteiger partial charge in [0.1, 0.15) is 11.6 Å². The van der Waals surface area contributed by atoms with Crippen LogP contribution in [0, 0.1) is 5.82 Å². The van der Waals surface area contributed by atoms with Gasteiger partial charge in [-0.25, -0.2) is 9.18 Å². The number of nitrogens with one attached hydrogen (secondary N) is 1. The van der Waals surface area contributed by atoms with E-state index in [1.165, 1.54) is 6.07 Å². The molecule has 2 aromatic carbocycles. The van der Waals surface area contributed by atoms with Gasteiger partial charge in [0, 0.05) is 12.1 Å². The molecule has 0 spiro atoms. The first-order valence-corrected chi connectivity index (χ1v) is 8.24. The predicted molar refractivity (Wildman–Crippen MR) is 91.7 cm³/mol. The van der Waals surface area contributed by atoms with Gasteiger partial charge in [-0.15, -0.1) is 0 Å². The minimum absolute atomic E-state index is 0.229. The molecule has 1 saturated heterocycles. The fraction of sp³-hybridized carbons (Fsp3) is 0.316. The van der Waals surface area contributed by atoms with Crippen LogP contribution >= 0.6 is 0 Å². The van der Waals surface area contributed by atoms with Crippen molar-refractivity contribution in [1.29, 1.82) is 0 Å². The number of rotatable bonds is 4. The molecule has 3 rings (SSSR count). The highest BCUT2D eigenvalue weighted by Crippen LogP contribution is 2.34. The minimum Gasteiger partial charge on any atom is -0.492 e. The zero-order chi connectivity index (χ0) is 16.9. The van der Waals surface area contributed by atoms with E-state index in [9.17, 15) is 9.18 Å². The Hall–Kier alpha value is -2.56. The van der Waals surface area contributed by atoms with Crippen LogP contribution in [0.1, 0.15) is 31.4 Å². The van der Waals surface area contributed by atoms with Crippen molar-refractivity contribution in [2.45, 2.75) is 25.8 Å². The van der Waals surface area contributed by atoms with E-state index in [1.54, 1.807) is 29.2 Å². The molecule has 2 amide bonds. The summed E-state index contributed by atoms with van der Waals surface area (Å²) < 4.78 is 19.6. The number of urea groups is 1. The van der Waals surface area contributed by atoms with E-state index in [0.717, 1.165) is 12.8 Å². The number of halogens is 1. The van der Waals surface area contributed by atoms with Crippen LogP contribution in [0.25, 0.3) is 0 Å². The molecular formula is C19H21FN2O2. The van der Waals surface area contributed by atoms with E-state index in [4.69, 9.17) is 4.74 Å². The van der Waals surface area contributed by atoms with Crippen LogP contribution < -0.4 is 10.1 Å². The summed E-state index contributed by atoms with van der Waals surface area (Å²) in [7, 11) is 0. The van der Waals surface area contributed by atoms with Crippen LogP contribution in [0.3, 0.4) is 0 Å². The van der Waals surface area contributed by atoms with E-state index < -0.39 is 0 Å². The molecule has 1 heterocycles. The topological polar surface area (TPSA) is 41.6 Å². The van der Waals surface area contributed by atoms with Crippen molar-refractivity contribution in [3.63, 3.8) is 0 Å². The molecular weight excluding hydrogens is 307 g/mol. The number of para-hydroxylation sites is 2. The number of ether oxygens (including phenoxy) is 1. The number of carbonyl (C=O) groups is 1. The molecule has 1 atom stereocenters. The van der Waals surface area contributed by atoms with Crippen LogP contribution in [0.4, 0.5) is 14.9 Å². The van der Waals surface area contributed by atoms with Crippen molar-refractivity contribution in [2.24, 2.45) is 0 Å². The van der Waals surface area contributed by atoms with Crippen LogP contribution in [-0.4, -0.2) is 24.1 Å². The first-order chi connectivity index (χ1) is 11.7. The summed E-state index contributed by atoms with van der Waals surface area (Å²) >= 11 is 0. The van der Waals surface area contributed by atoms with Crippen LogP contribution in [0.15, 0.2) is 48.5 Å². The highest BCUT2D eigenvalue weighted by atomic mass is 19.1. The quantitative estimate of drug-likeness (QED) is 0.891. The molecule has 4 nitrogen and oxygen atoms in total. The number of nitrogens with zero attached hydrogens (tertiary/aromatic N) is 1. The third-order valence-electron chi connectivity index (χ3n) is 4.21. The molecule has 5 heteroatoms. The van der Waals surface area contributed by atoms with Gasteiger partial charge in [-0.2, -0.15) is 0 Å². The third-order valence-corrected chi connectivity index (χ3v) is 4.21. The van der Waals surface area contributed by atoms with Gasteiger partial charge in [-0.3, -0.25) is 0 Å². The Labute approximate surface area is 141 Å². The fourth-order valence-electron chi connectivity index (χ4n) is 3.12. The average Bonchev–Trinajstić information content (AvgIpc) is 3.07. The van der Waals surface area contributed by atoms with Crippen molar-refractivity contribution in [2.75, 3.05) is 18.5 Å². The third kappa shape index (κ3) is 3.35. The Kier molecular flexibility index (Phi) is 4.99. The standard InChI is InChI=1S/C19H21FN2O2/c1-2-24-18-12-6-5-10-16(18)21-19(23)22-13-7-11-17(22)14-8-3-4-9-15(14)20/h3-6,8-10,12,17H,2,7,11,13H2,1H3,(H,21,23). The zero-order valence-electron chi connectivity index (χ0n) is 13.7. The molecule has 1 aliphatic rings. The summed E-state index contributed by atoms with van der Waals surface area (Å²) in [5, 5.41) is 2.90. The highest BCUT2D eigenvalue weighted by molar-refractivity contribution is 5.91. The molecule has 0 saturated carbocycles. The van der Waals surface area contributed by atoms with E-state index in [0.29, 0.717) is 30.2 Å². The summed E-state index contributed by atoms with van der Waals surface area (Å²) in [6.45, 7) is 3.03. The van der Waals surface area contributed by atoms with Crippen LogP contribution in [0.5, 0.6) is 5.75 Å². The maximum atomic E-state index is 14.1. The van der Waals surface area contributed by atoms with Gasteiger partial charge < -0.3 is 15.0 Å². The number of amides is 2. The van der Waals surface area contributed by atoms with E-state index in [1.807, 2.05) is 25.1 Å². The summed E-state index contributed by atoms with van der Waals surface area (Å²) in [5.41, 5.74) is 1.20. The second-order valence-corrected chi connectivity index (χ2v) is 5.73. The van der Waals surface area contributed by atoms with Gasteiger partial charge in [-0.1, -0.05) is 30.3 Å². The summed E-state index contributed by atoms with van der Waals surface area (Å²) in [5.74, 6) is 0.368.